The molecule has 96 valence electrons. The van der Waals surface area contributed by atoms with E-state index in [1.165, 1.54) is 30.4 Å². The Morgan fingerprint density at radius 3 is 2.72 bits per heavy atom. The van der Waals surface area contributed by atoms with Crippen molar-refractivity contribution in [3.05, 3.63) is 45.5 Å². The quantitative estimate of drug-likeness (QED) is 0.671. The Bertz CT molecular complexity index is 504. The van der Waals surface area contributed by atoms with Crippen LogP contribution in [0.1, 0.15) is 44.2 Å². The highest BCUT2D eigenvalue weighted by molar-refractivity contribution is 6.31. The predicted octanol–water partition coefficient (Wildman–Crippen LogP) is 4.54. The third-order valence-corrected chi connectivity index (χ3v) is 4.94. The molecule has 1 aromatic rings. The van der Waals surface area contributed by atoms with Crippen LogP contribution in [-0.2, 0) is 13.1 Å². The van der Waals surface area contributed by atoms with E-state index in [9.17, 15) is 0 Å². The van der Waals surface area contributed by atoms with Gasteiger partial charge in [-0.25, -0.2) is 0 Å². The first-order valence-corrected chi connectivity index (χ1v) is 7.18. The molecule has 1 aromatic carbocycles. The second kappa shape index (κ2) is 4.71. The first-order chi connectivity index (χ1) is 8.65. The molecular weight excluding hydrogens is 242 g/mol. The van der Waals surface area contributed by atoms with Crippen molar-refractivity contribution in [2.24, 2.45) is 0 Å². The highest BCUT2D eigenvalue weighted by atomic mass is 35.5. The average molecular weight is 262 g/mol. The fourth-order valence-corrected chi connectivity index (χ4v) is 3.46. The summed E-state index contributed by atoms with van der Waals surface area (Å²) >= 11 is 6.29. The van der Waals surface area contributed by atoms with Crippen LogP contribution in [0.2, 0.25) is 5.02 Å². The van der Waals surface area contributed by atoms with E-state index in [4.69, 9.17) is 11.6 Å². The third-order valence-electron chi connectivity index (χ3n) is 4.59. The van der Waals surface area contributed by atoms with E-state index >= 15 is 0 Å². The van der Waals surface area contributed by atoms with Crippen molar-refractivity contribution in [2.75, 3.05) is 0 Å². The van der Waals surface area contributed by atoms with Crippen LogP contribution in [0, 0.1) is 0 Å². The van der Waals surface area contributed by atoms with Crippen molar-refractivity contribution in [1.29, 1.82) is 0 Å². The Morgan fingerprint density at radius 1 is 1.17 bits per heavy atom. The lowest BCUT2D eigenvalue weighted by Gasteiger charge is -2.32. The molecule has 1 heterocycles. The summed E-state index contributed by atoms with van der Waals surface area (Å²) in [7, 11) is 0. The van der Waals surface area contributed by atoms with Crippen LogP contribution in [0.5, 0.6) is 0 Å². The Kier molecular flexibility index (Phi) is 3.21. The second-order valence-corrected chi connectivity index (χ2v) is 6.15. The van der Waals surface area contributed by atoms with Gasteiger partial charge in [-0.3, -0.25) is 4.90 Å². The lowest BCUT2D eigenvalue weighted by Crippen LogP contribution is -2.32. The van der Waals surface area contributed by atoms with Gasteiger partial charge in [-0.1, -0.05) is 34.9 Å². The molecule has 2 heteroatoms. The molecule has 3 rings (SSSR count). The summed E-state index contributed by atoms with van der Waals surface area (Å²) in [6.45, 7) is 6.68. The zero-order valence-electron chi connectivity index (χ0n) is 11.2. The molecule has 2 aliphatic rings. The molecule has 0 bridgehead atoms. The second-order valence-electron chi connectivity index (χ2n) is 5.74. The van der Waals surface area contributed by atoms with E-state index in [0.29, 0.717) is 6.04 Å². The maximum atomic E-state index is 6.29. The highest BCUT2D eigenvalue weighted by Crippen LogP contribution is 2.35. The van der Waals surface area contributed by atoms with Gasteiger partial charge in [-0.05, 0) is 50.3 Å². The number of nitrogens with zero attached hydrogens (tertiary/aromatic N) is 1. The van der Waals surface area contributed by atoms with E-state index < -0.39 is 0 Å². The molecule has 0 fully saturated rings. The van der Waals surface area contributed by atoms with Crippen LogP contribution < -0.4 is 0 Å². The molecule has 1 aliphatic carbocycles. The van der Waals surface area contributed by atoms with Crippen LogP contribution in [0.15, 0.2) is 29.3 Å². The van der Waals surface area contributed by atoms with Gasteiger partial charge < -0.3 is 0 Å². The largest absolute Gasteiger partial charge is 0.291 e. The number of allylic oxidation sites excluding steroid dienone is 1. The fraction of sp³-hybridized carbons (Fsp3) is 0.500. The van der Waals surface area contributed by atoms with Crippen LogP contribution in [0.4, 0.5) is 0 Å². The number of benzene rings is 1. The van der Waals surface area contributed by atoms with Crippen molar-refractivity contribution in [2.45, 2.75) is 52.2 Å². The van der Waals surface area contributed by atoms with Crippen LogP contribution in [0.25, 0.3) is 0 Å². The zero-order chi connectivity index (χ0) is 12.7. The maximum absolute atomic E-state index is 6.29. The molecule has 1 atom stereocenters. The number of hydrogen-bond donors (Lipinski definition) is 0. The van der Waals surface area contributed by atoms with Gasteiger partial charge in [-0.2, -0.15) is 0 Å². The minimum absolute atomic E-state index is 0.706. The number of rotatable bonds is 1. The van der Waals surface area contributed by atoms with E-state index in [1.54, 1.807) is 11.1 Å². The number of fused-ring (bicyclic) bond motifs is 1. The number of halogens is 1. The Balaban J connectivity index is 1.77. The maximum Gasteiger partial charge on any atom is 0.0454 e. The van der Waals surface area contributed by atoms with E-state index in [2.05, 4.69) is 30.9 Å². The van der Waals surface area contributed by atoms with Crippen molar-refractivity contribution in [3.8, 4) is 0 Å². The van der Waals surface area contributed by atoms with E-state index in [-0.39, 0.29) is 0 Å². The minimum atomic E-state index is 0.706. The van der Waals surface area contributed by atoms with Crippen molar-refractivity contribution < 1.29 is 0 Å². The van der Waals surface area contributed by atoms with Crippen molar-refractivity contribution >= 4 is 11.6 Å². The molecule has 0 N–H and O–H groups in total. The lowest BCUT2D eigenvalue weighted by atomic mass is 9.89. The molecule has 1 nitrogen and oxygen atoms in total. The molecule has 18 heavy (non-hydrogen) atoms. The monoisotopic (exact) mass is 261 g/mol. The number of hydrogen-bond acceptors (Lipinski definition) is 1. The molecular formula is C16H20ClN. The molecule has 1 unspecified atom stereocenters. The summed E-state index contributed by atoms with van der Waals surface area (Å²) in [6.07, 6.45) is 3.79. The van der Waals surface area contributed by atoms with Gasteiger partial charge >= 0.3 is 0 Å². The lowest BCUT2D eigenvalue weighted by molar-refractivity contribution is 0.181. The summed E-state index contributed by atoms with van der Waals surface area (Å²) in [5.41, 5.74) is 5.96. The van der Waals surface area contributed by atoms with Gasteiger partial charge in [0, 0.05) is 24.2 Å². The average Bonchev–Trinajstić information content (AvgIpc) is 2.78. The summed E-state index contributed by atoms with van der Waals surface area (Å²) < 4.78 is 0. The minimum Gasteiger partial charge on any atom is -0.291 e. The molecule has 1 aliphatic heterocycles. The zero-order valence-corrected chi connectivity index (χ0v) is 11.9. The predicted molar refractivity (Wildman–Crippen MR) is 76.7 cm³/mol. The van der Waals surface area contributed by atoms with Crippen LogP contribution in [-0.4, -0.2) is 10.9 Å². The van der Waals surface area contributed by atoms with Gasteiger partial charge in [0.15, 0.2) is 0 Å². The fourth-order valence-electron chi connectivity index (χ4n) is 3.20. The Labute approximate surface area is 114 Å². The summed E-state index contributed by atoms with van der Waals surface area (Å²) in [6, 6.07) is 7.01. The molecule has 0 saturated heterocycles. The normalized spacial score (nSPS) is 24.5. The highest BCUT2D eigenvalue weighted by Gasteiger charge is 2.28. The van der Waals surface area contributed by atoms with Crippen molar-refractivity contribution in [1.82, 2.24) is 4.90 Å². The van der Waals surface area contributed by atoms with Gasteiger partial charge in [-0.15, -0.1) is 0 Å². The molecule has 0 radical (unpaired) electrons. The molecule has 0 amide bonds. The van der Waals surface area contributed by atoms with Crippen molar-refractivity contribution in [3.63, 3.8) is 0 Å². The Hall–Kier alpha value is -0.790. The first-order valence-electron chi connectivity index (χ1n) is 6.80. The van der Waals surface area contributed by atoms with Gasteiger partial charge in [0.2, 0.25) is 0 Å². The molecule has 0 aromatic heterocycles. The SMILES string of the molecule is CC1=C(C)CC(N2Cc3cccc(Cl)c3C2)CC1. The van der Waals surface area contributed by atoms with Gasteiger partial charge in [0.05, 0.1) is 0 Å². The summed E-state index contributed by atoms with van der Waals surface area (Å²) in [5, 5.41) is 0.939. The summed E-state index contributed by atoms with van der Waals surface area (Å²) in [4.78, 5) is 2.60. The van der Waals surface area contributed by atoms with E-state index in [1.807, 2.05) is 6.07 Å². The van der Waals surface area contributed by atoms with Gasteiger partial charge in [0.25, 0.3) is 0 Å². The molecule has 0 saturated carbocycles. The van der Waals surface area contributed by atoms with E-state index in [0.717, 1.165) is 18.1 Å². The standard InChI is InChI=1S/C16H20ClN/c1-11-6-7-14(8-12(11)2)18-9-13-4-3-5-16(17)15(13)10-18/h3-5,14H,6-10H2,1-2H3. The third kappa shape index (κ3) is 2.10. The Morgan fingerprint density at radius 2 is 2.00 bits per heavy atom. The molecule has 0 spiro atoms. The topological polar surface area (TPSA) is 3.24 Å². The van der Waals surface area contributed by atoms with Crippen LogP contribution in [0.3, 0.4) is 0 Å². The summed E-state index contributed by atoms with van der Waals surface area (Å²) in [5.74, 6) is 0. The van der Waals surface area contributed by atoms with Crippen LogP contribution >= 0.6 is 11.6 Å². The smallest absolute Gasteiger partial charge is 0.0454 e. The first kappa shape index (κ1) is 12.3. The van der Waals surface area contributed by atoms with Gasteiger partial charge in [0.1, 0.15) is 0 Å².